The second-order valence-electron chi connectivity index (χ2n) is 7.98. The van der Waals surface area contributed by atoms with Crippen LogP contribution in [0, 0.1) is 18.3 Å². The molecule has 0 bridgehead atoms. The molecule has 0 atom stereocenters. The van der Waals surface area contributed by atoms with E-state index in [1.54, 1.807) is 31.2 Å². The molecule has 0 aliphatic carbocycles. The van der Waals surface area contributed by atoms with Crippen LogP contribution >= 0.6 is 0 Å². The predicted octanol–water partition coefficient (Wildman–Crippen LogP) is 4.74. The molecular weight excluding hydrogens is 486 g/mol. The Labute approximate surface area is 220 Å². The van der Waals surface area contributed by atoms with E-state index in [0.29, 0.717) is 40.6 Å². The first kappa shape index (κ1) is 27.5. The molecule has 0 saturated carbocycles. The van der Waals surface area contributed by atoms with E-state index in [4.69, 9.17) is 9.47 Å². The van der Waals surface area contributed by atoms with Crippen molar-refractivity contribution in [1.82, 2.24) is 0 Å². The molecule has 3 aromatic carbocycles. The standard InChI is InChI=1S/C29H27N3O6/c1-4-37-26-16-20(9-14-25(26)38-18-27(33)32-24-8-6-5-7-19(24)2)15-22(17-30)28(34)31-23-12-10-21(11-13-23)29(35)36-3/h5-16H,4,18H2,1-3H3,(H,31,34)(H,32,33)/b22-15-. The molecule has 9 heteroatoms. The number of rotatable bonds is 10. The lowest BCUT2D eigenvalue weighted by Gasteiger charge is -2.13. The summed E-state index contributed by atoms with van der Waals surface area (Å²) < 4.78 is 16.0. The van der Waals surface area contributed by atoms with Crippen molar-refractivity contribution in [3.63, 3.8) is 0 Å². The Morgan fingerprint density at radius 3 is 2.34 bits per heavy atom. The average molecular weight is 514 g/mol. The normalized spacial score (nSPS) is 10.6. The third-order valence-corrected chi connectivity index (χ3v) is 5.29. The molecule has 3 aromatic rings. The second-order valence-corrected chi connectivity index (χ2v) is 7.98. The number of para-hydroxylation sites is 1. The predicted molar refractivity (Wildman–Crippen MR) is 143 cm³/mol. The number of nitrogens with one attached hydrogen (secondary N) is 2. The Kier molecular flexibility index (Phi) is 9.60. The summed E-state index contributed by atoms with van der Waals surface area (Å²) >= 11 is 0. The molecule has 9 nitrogen and oxygen atoms in total. The van der Waals surface area contributed by atoms with E-state index in [1.807, 2.05) is 31.2 Å². The van der Waals surface area contributed by atoms with Gasteiger partial charge in [-0.25, -0.2) is 4.79 Å². The maximum absolute atomic E-state index is 12.7. The van der Waals surface area contributed by atoms with Gasteiger partial charge in [-0.3, -0.25) is 9.59 Å². The lowest BCUT2D eigenvalue weighted by atomic mass is 10.1. The van der Waals surface area contributed by atoms with Gasteiger partial charge < -0.3 is 24.8 Å². The summed E-state index contributed by atoms with van der Waals surface area (Å²) in [5.41, 5.74) is 2.76. The highest BCUT2D eigenvalue weighted by Crippen LogP contribution is 2.29. The van der Waals surface area contributed by atoms with Crippen LogP contribution in [0.1, 0.15) is 28.4 Å². The number of benzene rings is 3. The lowest BCUT2D eigenvalue weighted by Crippen LogP contribution is -2.20. The summed E-state index contributed by atoms with van der Waals surface area (Å²) in [6, 6.07) is 20.3. The molecule has 38 heavy (non-hydrogen) atoms. The van der Waals surface area contributed by atoms with Crippen LogP contribution in [-0.4, -0.2) is 38.1 Å². The van der Waals surface area contributed by atoms with Gasteiger partial charge in [0.15, 0.2) is 18.1 Å². The van der Waals surface area contributed by atoms with Crippen LogP contribution in [-0.2, 0) is 14.3 Å². The SMILES string of the molecule is CCOc1cc(/C=C(/C#N)C(=O)Nc2ccc(C(=O)OC)cc2)ccc1OCC(=O)Nc1ccccc1C. The van der Waals surface area contributed by atoms with Crippen LogP contribution in [0.3, 0.4) is 0 Å². The van der Waals surface area contributed by atoms with Crippen molar-refractivity contribution in [2.75, 3.05) is 31.0 Å². The smallest absolute Gasteiger partial charge is 0.337 e. The van der Waals surface area contributed by atoms with Gasteiger partial charge >= 0.3 is 5.97 Å². The van der Waals surface area contributed by atoms with Crippen molar-refractivity contribution >= 4 is 35.2 Å². The van der Waals surface area contributed by atoms with Gasteiger partial charge in [0.1, 0.15) is 11.6 Å². The molecule has 0 radical (unpaired) electrons. The molecule has 0 aliphatic rings. The monoisotopic (exact) mass is 513 g/mol. The number of nitriles is 1. The Hall–Kier alpha value is -5.10. The summed E-state index contributed by atoms with van der Waals surface area (Å²) in [5, 5.41) is 15.0. The summed E-state index contributed by atoms with van der Waals surface area (Å²) in [6.45, 7) is 3.81. The highest BCUT2D eigenvalue weighted by atomic mass is 16.5. The zero-order valence-corrected chi connectivity index (χ0v) is 21.2. The average Bonchev–Trinajstić information content (AvgIpc) is 2.92. The number of methoxy groups -OCH3 is 1. The number of nitrogens with zero attached hydrogens (tertiary/aromatic N) is 1. The number of esters is 1. The number of ether oxygens (including phenoxy) is 3. The van der Waals surface area contributed by atoms with Crippen LogP contribution in [0.15, 0.2) is 72.3 Å². The molecule has 2 amide bonds. The van der Waals surface area contributed by atoms with E-state index >= 15 is 0 Å². The molecule has 0 spiro atoms. The number of carbonyl (C=O) groups is 3. The van der Waals surface area contributed by atoms with Gasteiger partial charge in [0.25, 0.3) is 11.8 Å². The highest BCUT2D eigenvalue weighted by Gasteiger charge is 2.13. The quantitative estimate of drug-likeness (QED) is 0.228. The lowest BCUT2D eigenvalue weighted by molar-refractivity contribution is -0.118. The molecule has 194 valence electrons. The van der Waals surface area contributed by atoms with Gasteiger partial charge in [-0.2, -0.15) is 5.26 Å². The first-order valence-corrected chi connectivity index (χ1v) is 11.7. The minimum atomic E-state index is -0.621. The number of carbonyl (C=O) groups excluding carboxylic acids is 3. The first-order valence-electron chi connectivity index (χ1n) is 11.7. The van der Waals surface area contributed by atoms with Crippen molar-refractivity contribution in [2.45, 2.75) is 13.8 Å². The number of anilines is 2. The maximum Gasteiger partial charge on any atom is 0.337 e. The van der Waals surface area contributed by atoms with Crippen molar-refractivity contribution in [3.05, 3.63) is 89.0 Å². The van der Waals surface area contributed by atoms with Gasteiger partial charge in [0.2, 0.25) is 0 Å². The van der Waals surface area contributed by atoms with Gasteiger partial charge in [0, 0.05) is 11.4 Å². The Morgan fingerprint density at radius 1 is 0.947 bits per heavy atom. The third-order valence-electron chi connectivity index (χ3n) is 5.29. The molecule has 0 unspecified atom stereocenters. The van der Waals surface area contributed by atoms with Crippen LogP contribution in [0.25, 0.3) is 6.08 Å². The van der Waals surface area contributed by atoms with E-state index < -0.39 is 11.9 Å². The van der Waals surface area contributed by atoms with Crippen molar-refractivity contribution in [2.24, 2.45) is 0 Å². The van der Waals surface area contributed by atoms with Crippen molar-refractivity contribution in [1.29, 1.82) is 5.26 Å². The zero-order chi connectivity index (χ0) is 27.5. The van der Waals surface area contributed by atoms with E-state index in [2.05, 4.69) is 15.4 Å². The van der Waals surface area contributed by atoms with Gasteiger partial charge in [-0.05, 0) is 73.5 Å². The topological polar surface area (TPSA) is 127 Å². The molecule has 0 heterocycles. The molecule has 0 aliphatic heterocycles. The number of hydrogen-bond donors (Lipinski definition) is 2. The van der Waals surface area contributed by atoms with Gasteiger partial charge in [-0.15, -0.1) is 0 Å². The highest BCUT2D eigenvalue weighted by molar-refractivity contribution is 6.09. The number of aryl methyl sites for hydroxylation is 1. The minimum absolute atomic E-state index is 0.143. The molecule has 2 N–H and O–H groups in total. The molecular formula is C29H27N3O6. The van der Waals surface area contributed by atoms with Gasteiger partial charge in [-0.1, -0.05) is 24.3 Å². The van der Waals surface area contributed by atoms with Gasteiger partial charge in [0.05, 0.1) is 19.3 Å². The largest absolute Gasteiger partial charge is 0.490 e. The molecule has 0 aromatic heterocycles. The summed E-state index contributed by atoms with van der Waals surface area (Å²) in [4.78, 5) is 36.6. The van der Waals surface area contributed by atoms with Crippen molar-refractivity contribution in [3.8, 4) is 17.6 Å². The van der Waals surface area contributed by atoms with Crippen molar-refractivity contribution < 1.29 is 28.6 Å². The number of hydrogen-bond acceptors (Lipinski definition) is 7. The van der Waals surface area contributed by atoms with Crippen LogP contribution in [0.5, 0.6) is 11.5 Å². The second kappa shape index (κ2) is 13.3. The zero-order valence-electron chi connectivity index (χ0n) is 21.2. The van der Waals surface area contributed by atoms with E-state index in [0.717, 1.165) is 5.56 Å². The van der Waals surface area contributed by atoms with E-state index in [1.165, 1.54) is 37.5 Å². The minimum Gasteiger partial charge on any atom is -0.490 e. The van der Waals surface area contributed by atoms with Crippen LogP contribution in [0.2, 0.25) is 0 Å². The third kappa shape index (κ3) is 7.45. The molecule has 0 fully saturated rings. The Bertz CT molecular complexity index is 1390. The fraction of sp³-hybridized carbons (Fsp3) is 0.172. The van der Waals surface area contributed by atoms with Crippen LogP contribution in [0.4, 0.5) is 11.4 Å². The fourth-order valence-electron chi connectivity index (χ4n) is 3.37. The number of amides is 2. The Balaban J connectivity index is 1.70. The van der Waals surface area contributed by atoms with E-state index in [-0.39, 0.29) is 18.1 Å². The summed E-state index contributed by atoms with van der Waals surface area (Å²) in [5.74, 6) is -0.734. The summed E-state index contributed by atoms with van der Waals surface area (Å²) in [6.07, 6.45) is 1.41. The van der Waals surface area contributed by atoms with Crippen LogP contribution < -0.4 is 20.1 Å². The summed E-state index contributed by atoms with van der Waals surface area (Å²) in [7, 11) is 1.28. The van der Waals surface area contributed by atoms with E-state index in [9.17, 15) is 19.6 Å². The first-order chi connectivity index (χ1) is 18.3. The molecule has 0 saturated heterocycles. The Morgan fingerprint density at radius 2 is 1.68 bits per heavy atom. The fourth-order valence-corrected chi connectivity index (χ4v) is 3.37. The molecule has 3 rings (SSSR count). The maximum atomic E-state index is 12.7.